The highest BCUT2D eigenvalue weighted by atomic mass is 16.5. The first kappa shape index (κ1) is 19.9. The zero-order valence-electron chi connectivity index (χ0n) is 16.6. The van der Waals surface area contributed by atoms with Gasteiger partial charge in [0.05, 0.1) is 19.0 Å². The van der Waals surface area contributed by atoms with Crippen molar-refractivity contribution in [3.05, 3.63) is 52.4 Å². The van der Waals surface area contributed by atoms with Crippen molar-refractivity contribution >= 4 is 11.6 Å². The second kappa shape index (κ2) is 9.39. The van der Waals surface area contributed by atoms with Gasteiger partial charge in [-0.2, -0.15) is 5.10 Å². The molecule has 7 nitrogen and oxygen atoms in total. The lowest BCUT2D eigenvalue weighted by Gasteiger charge is -2.34. The number of rotatable bonds is 7. The van der Waals surface area contributed by atoms with Crippen molar-refractivity contribution in [2.45, 2.75) is 39.3 Å². The number of ether oxygens (including phenoxy) is 1. The van der Waals surface area contributed by atoms with Gasteiger partial charge in [-0.25, -0.2) is 4.68 Å². The van der Waals surface area contributed by atoms with Crippen molar-refractivity contribution in [3.63, 3.8) is 0 Å². The van der Waals surface area contributed by atoms with Crippen LogP contribution in [0.15, 0.2) is 41.3 Å². The van der Waals surface area contributed by atoms with Gasteiger partial charge in [-0.1, -0.05) is 12.1 Å². The molecule has 0 radical (unpaired) electrons. The summed E-state index contributed by atoms with van der Waals surface area (Å²) in [6.45, 7) is 4.64. The molecule has 7 heteroatoms. The Balaban J connectivity index is 1.51. The lowest BCUT2D eigenvalue weighted by Crippen LogP contribution is -2.38. The van der Waals surface area contributed by atoms with Gasteiger partial charge in [-0.3, -0.25) is 9.59 Å². The number of nitrogens with zero attached hydrogens (tertiary/aromatic N) is 3. The molecule has 0 bridgehead atoms. The second-order valence-electron chi connectivity index (χ2n) is 7.15. The van der Waals surface area contributed by atoms with Crippen molar-refractivity contribution in [2.75, 3.05) is 25.1 Å². The van der Waals surface area contributed by atoms with Gasteiger partial charge < -0.3 is 15.0 Å². The molecule has 1 saturated heterocycles. The highest BCUT2D eigenvalue weighted by molar-refractivity contribution is 5.76. The molecule has 1 aromatic heterocycles. The number of piperidine rings is 1. The number of aromatic nitrogens is 2. The molecule has 28 heavy (non-hydrogen) atoms. The summed E-state index contributed by atoms with van der Waals surface area (Å²) in [4.78, 5) is 26.6. The van der Waals surface area contributed by atoms with Crippen LogP contribution in [0.5, 0.6) is 5.75 Å². The Labute approximate surface area is 165 Å². The van der Waals surface area contributed by atoms with Crippen molar-refractivity contribution in [3.8, 4) is 5.75 Å². The maximum atomic E-state index is 12.4. The smallest absolute Gasteiger partial charge is 0.268 e. The van der Waals surface area contributed by atoms with Crippen LogP contribution in [0, 0.1) is 5.92 Å². The summed E-state index contributed by atoms with van der Waals surface area (Å²) in [7, 11) is 1.63. The molecule has 0 saturated carbocycles. The van der Waals surface area contributed by atoms with E-state index in [2.05, 4.69) is 15.3 Å². The van der Waals surface area contributed by atoms with E-state index in [0.717, 1.165) is 42.9 Å². The van der Waals surface area contributed by atoms with Crippen LogP contribution in [0.3, 0.4) is 0 Å². The zero-order chi connectivity index (χ0) is 19.9. The van der Waals surface area contributed by atoms with E-state index in [-0.39, 0.29) is 17.4 Å². The summed E-state index contributed by atoms with van der Waals surface area (Å²) in [6, 6.07) is 9.32. The molecule has 1 aliphatic rings. The lowest BCUT2D eigenvalue weighted by molar-refractivity contribution is -0.122. The van der Waals surface area contributed by atoms with E-state index in [1.54, 1.807) is 19.4 Å². The number of nitrogens with one attached hydrogen (secondary N) is 1. The first-order valence-electron chi connectivity index (χ1n) is 9.80. The third-order valence-electron chi connectivity index (χ3n) is 5.16. The van der Waals surface area contributed by atoms with Crippen LogP contribution >= 0.6 is 0 Å². The van der Waals surface area contributed by atoms with E-state index in [1.165, 1.54) is 4.68 Å². The van der Waals surface area contributed by atoms with Gasteiger partial charge in [-0.05, 0) is 43.4 Å². The van der Waals surface area contributed by atoms with Crippen LogP contribution < -0.4 is 20.5 Å². The highest BCUT2D eigenvalue weighted by Gasteiger charge is 2.23. The normalized spacial score (nSPS) is 16.6. The summed E-state index contributed by atoms with van der Waals surface area (Å²) in [6.07, 6.45) is 4.27. The van der Waals surface area contributed by atoms with Gasteiger partial charge in [0.2, 0.25) is 5.91 Å². The van der Waals surface area contributed by atoms with Gasteiger partial charge in [0.1, 0.15) is 5.75 Å². The van der Waals surface area contributed by atoms with E-state index in [4.69, 9.17) is 4.74 Å². The number of amides is 1. The fraction of sp³-hybridized carbons (Fsp3) is 0.476. The molecule has 3 rings (SSSR count). The van der Waals surface area contributed by atoms with Crippen LogP contribution in [0.1, 0.15) is 31.7 Å². The first-order chi connectivity index (χ1) is 13.6. The Kier molecular flexibility index (Phi) is 6.68. The van der Waals surface area contributed by atoms with Crippen molar-refractivity contribution in [1.82, 2.24) is 15.1 Å². The van der Waals surface area contributed by atoms with Crippen LogP contribution in [-0.2, 0) is 17.9 Å². The summed E-state index contributed by atoms with van der Waals surface area (Å²) in [5.74, 6) is 1.14. The molecule has 1 aromatic carbocycles. The van der Waals surface area contributed by atoms with Gasteiger partial charge >= 0.3 is 0 Å². The lowest BCUT2D eigenvalue weighted by atomic mass is 9.94. The Bertz CT molecular complexity index is 847. The fourth-order valence-electron chi connectivity index (χ4n) is 3.58. The molecular weight excluding hydrogens is 356 g/mol. The molecule has 2 heterocycles. The Morgan fingerprint density at radius 3 is 2.79 bits per heavy atom. The molecule has 1 N–H and O–H groups in total. The first-order valence-corrected chi connectivity index (χ1v) is 9.80. The van der Waals surface area contributed by atoms with Crippen LogP contribution in [0.2, 0.25) is 0 Å². The second-order valence-corrected chi connectivity index (χ2v) is 7.15. The van der Waals surface area contributed by atoms with Gasteiger partial charge in [-0.15, -0.1) is 0 Å². The van der Waals surface area contributed by atoms with E-state index >= 15 is 0 Å². The van der Waals surface area contributed by atoms with Crippen LogP contribution in [-0.4, -0.2) is 35.9 Å². The minimum atomic E-state index is -0.0839. The summed E-state index contributed by atoms with van der Waals surface area (Å²) in [5, 5.41) is 7.21. The minimum Gasteiger partial charge on any atom is -0.497 e. The van der Waals surface area contributed by atoms with Crippen LogP contribution in [0.25, 0.3) is 0 Å². The predicted molar refractivity (Wildman–Crippen MR) is 109 cm³/mol. The largest absolute Gasteiger partial charge is 0.497 e. The maximum Gasteiger partial charge on any atom is 0.268 e. The molecular formula is C21H28N4O3. The van der Waals surface area contributed by atoms with Crippen molar-refractivity contribution in [1.29, 1.82) is 0 Å². The molecule has 0 spiro atoms. The van der Waals surface area contributed by atoms with E-state index in [0.29, 0.717) is 19.5 Å². The number of aryl methyl sites for hydroxylation is 1. The molecule has 1 fully saturated rings. The van der Waals surface area contributed by atoms with Gasteiger partial charge in [0.25, 0.3) is 5.56 Å². The highest BCUT2D eigenvalue weighted by Crippen LogP contribution is 2.23. The molecule has 2 aromatic rings. The number of hydrogen-bond donors (Lipinski definition) is 1. The zero-order valence-corrected chi connectivity index (χ0v) is 16.6. The van der Waals surface area contributed by atoms with Crippen molar-refractivity contribution < 1.29 is 9.53 Å². The van der Waals surface area contributed by atoms with Crippen molar-refractivity contribution in [2.24, 2.45) is 5.92 Å². The Morgan fingerprint density at radius 2 is 2.11 bits per heavy atom. The third-order valence-corrected chi connectivity index (χ3v) is 5.16. The molecule has 150 valence electrons. The molecule has 1 unspecified atom stereocenters. The van der Waals surface area contributed by atoms with E-state index < -0.39 is 0 Å². The molecule has 1 amide bonds. The maximum absolute atomic E-state index is 12.4. The van der Waals surface area contributed by atoms with Gasteiger partial charge in [0.15, 0.2) is 0 Å². The summed E-state index contributed by atoms with van der Waals surface area (Å²) < 4.78 is 6.59. The standard InChI is InChI=1S/C21H28N4O3/c1-3-25-21(27)12-18(14-23-25)24-10-4-5-17(15-24)11-20(26)22-13-16-6-8-19(28-2)9-7-16/h6-9,12,14,17H,3-5,10-11,13,15H2,1-2H3,(H,22,26). The fourth-order valence-corrected chi connectivity index (χ4v) is 3.58. The third kappa shape index (κ3) is 5.12. The monoisotopic (exact) mass is 384 g/mol. The Morgan fingerprint density at radius 1 is 1.32 bits per heavy atom. The molecule has 1 aliphatic heterocycles. The van der Waals surface area contributed by atoms with Crippen LogP contribution in [0.4, 0.5) is 5.69 Å². The SMILES string of the molecule is CCn1ncc(N2CCCC(CC(=O)NCc3ccc(OC)cc3)C2)cc1=O. The molecule has 0 aliphatic carbocycles. The average molecular weight is 384 g/mol. The number of benzene rings is 1. The number of carbonyl (C=O) groups excluding carboxylic acids is 1. The minimum absolute atomic E-state index is 0.0576. The predicted octanol–water partition coefficient (Wildman–Crippen LogP) is 2.19. The Hall–Kier alpha value is -2.83. The number of hydrogen-bond acceptors (Lipinski definition) is 5. The van der Waals surface area contributed by atoms with E-state index in [9.17, 15) is 9.59 Å². The summed E-state index contributed by atoms with van der Waals surface area (Å²) in [5.41, 5.74) is 1.80. The average Bonchev–Trinajstić information content (AvgIpc) is 2.72. The number of carbonyl (C=O) groups is 1. The quantitative estimate of drug-likeness (QED) is 0.792. The van der Waals surface area contributed by atoms with E-state index in [1.807, 2.05) is 31.2 Å². The van der Waals surface area contributed by atoms with Gasteiger partial charge in [0, 0.05) is 38.7 Å². The number of anilines is 1. The topological polar surface area (TPSA) is 76.5 Å². The molecule has 1 atom stereocenters. The summed E-state index contributed by atoms with van der Waals surface area (Å²) >= 11 is 0. The number of methoxy groups -OCH3 is 1.